The average molecular weight is 315 g/mol. The molecule has 1 heterocycles. The van der Waals surface area contributed by atoms with E-state index in [4.69, 9.17) is 0 Å². The second-order valence-electron chi connectivity index (χ2n) is 5.36. The fraction of sp³-hybridized carbons (Fsp3) is 0.188. The van der Waals surface area contributed by atoms with Gasteiger partial charge in [-0.3, -0.25) is 4.68 Å². The van der Waals surface area contributed by atoms with Crippen LogP contribution in [-0.4, -0.2) is 36.6 Å². The monoisotopic (exact) mass is 315 g/mol. The molecular weight excluding hydrogens is 298 g/mol. The second kappa shape index (κ2) is 5.23. The summed E-state index contributed by atoms with van der Waals surface area (Å²) in [7, 11) is 1.53. The van der Waals surface area contributed by atoms with E-state index in [0.717, 1.165) is 22.0 Å². The molecule has 0 atom stereocenters. The normalized spacial score (nSPS) is 12.2. The zero-order valence-electron chi connectivity index (χ0n) is 12.7. The van der Waals surface area contributed by atoms with Gasteiger partial charge in [0.15, 0.2) is 0 Å². The first kappa shape index (κ1) is 14.7. The molecule has 0 spiro atoms. The molecule has 3 aromatic rings. The molecule has 0 saturated carbocycles. The van der Waals surface area contributed by atoms with Crippen molar-refractivity contribution in [3.05, 3.63) is 48.7 Å². The highest BCUT2D eigenvalue weighted by Gasteiger charge is 2.17. The zero-order valence-corrected chi connectivity index (χ0v) is 13.5. The lowest BCUT2D eigenvalue weighted by molar-refractivity contribution is 0.521. The van der Waals surface area contributed by atoms with Gasteiger partial charge in [0.25, 0.3) is 0 Å². The Morgan fingerprint density at radius 3 is 2.50 bits per heavy atom. The Morgan fingerprint density at radius 1 is 1.05 bits per heavy atom. The van der Waals surface area contributed by atoms with E-state index < -0.39 is 10.0 Å². The lowest BCUT2D eigenvalue weighted by Crippen LogP contribution is -2.22. The summed E-state index contributed by atoms with van der Waals surface area (Å²) in [6, 6.07) is 13.0. The number of sulfonamides is 1. The minimum Gasteiger partial charge on any atom is -0.268 e. The quantitative estimate of drug-likeness (QED) is 0.746. The van der Waals surface area contributed by atoms with E-state index in [9.17, 15) is 8.42 Å². The molecule has 6 heteroatoms. The standard InChI is InChI=1S/C16H17N3O2S/c1-18(2)22(20,21)15-6-4-5-12(10-15)13-7-8-16-14(9-13)11-17-19(16)3/h4-11H,1-3H3. The fourth-order valence-corrected chi connectivity index (χ4v) is 3.34. The first-order valence-corrected chi connectivity index (χ1v) is 8.28. The van der Waals surface area contributed by atoms with Crippen LogP contribution in [0.1, 0.15) is 0 Å². The molecule has 0 fully saturated rings. The number of hydrogen-bond acceptors (Lipinski definition) is 3. The SMILES string of the molecule is CN(C)S(=O)(=O)c1cccc(-c2ccc3c(cnn3C)c2)c1. The summed E-state index contributed by atoms with van der Waals surface area (Å²) in [4.78, 5) is 0.293. The van der Waals surface area contributed by atoms with Gasteiger partial charge >= 0.3 is 0 Å². The van der Waals surface area contributed by atoms with Crippen molar-refractivity contribution in [2.24, 2.45) is 7.05 Å². The Kier molecular flexibility index (Phi) is 3.50. The van der Waals surface area contributed by atoms with Crippen LogP contribution in [0.4, 0.5) is 0 Å². The molecule has 22 heavy (non-hydrogen) atoms. The van der Waals surface area contributed by atoms with Gasteiger partial charge in [-0.05, 0) is 35.4 Å². The summed E-state index contributed by atoms with van der Waals surface area (Å²) >= 11 is 0. The minimum atomic E-state index is -3.43. The van der Waals surface area contributed by atoms with Crippen molar-refractivity contribution >= 4 is 20.9 Å². The maximum absolute atomic E-state index is 12.2. The van der Waals surface area contributed by atoms with Crippen molar-refractivity contribution in [1.82, 2.24) is 14.1 Å². The van der Waals surface area contributed by atoms with E-state index in [-0.39, 0.29) is 0 Å². The molecule has 1 aromatic heterocycles. The van der Waals surface area contributed by atoms with E-state index >= 15 is 0 Å². The highest BCUT2D eigenvalue weighted by molar-refractivity contribution is 7.89. The predicted octanol–water partition coefficient (Wildman–Crippen LogP) is 2.49. The third kappa shape index (κ3) is 2.40. The molecule has 0 aliphatic heterocycles. The molecule has 0 unspecified atom stereocenters. The van der Waals surface area contributed by atoms with Crippen LogP contribution in [0.2, 0.25) is 0 Å². The van der Waals surface area contributed by atoms with Crippen LogP contribution in [0.3, 0.4) is 0 Å². The predicted molar refractivity (Wildman–Crippen MR) is 87.0 cm³/mol. The van der Waals surface area contributed by atoms with Crippen molar-refractivity contribution < 1.29 is 8.42 Å². The van der Waals surface area contributed by atoms with Gasteiger partial charge in [0.1, 0.15) is 0 Å². The van der Waals surface area contributed by atoms with Gasteiger partial charge in [0, 0.05) is 26.5 Å². The highest BCUT2D eigenvalue weighted by atomic mass is 32.2. The minimum absolute atomic E-state index is 0.293. The molecule has 3 rings (SSSR count). The van der Waals surface area contributed by atoms with Gasteiger partial charge in [-0.2, -0.15) is 5.10 Å². The van der Waals surface area contributed by atoms with Gasteiger partial charge in [-0.15, -0.1) is 0 Å². The zero-order chi connectivity index (χ0) is 15.9. The van der Waals surface area contributed by atoms with E-state index in [1.165, 1.54) is 18.4 Å². The van der Waals surface area contributed by atoms with Crippen LogP contribution in [0.25, 0.3) is 22.0 Å². The Balaban J connectivity index is 2.11. The van der Waals surface area contributed by atoms with Crippen LogP contribution in [-0.2, 0) is 17.1 Å². The molecule has 0 bridgehead atoms. The van der Waals surface area contributed by atoms with E-state index in [1.54, 1.807) is 24.4 Å². The van der Waals surface area contributed by atoms with Gasteiger partial charge < -0.3 is 0 Å². The molecule has 5 nitrogen and oxygen atoms in total. The van der Waals surface area contributed by atoms with Crippen molar-refractivity contribution in [3.63, 3.8) is 0 Å². The molecule has 0 aliphatic rings. The average Bonchev–Trinajstić information content (AvgIpc) is 2.88. The Hall–Kier alpha value is -2.18. The molecule has 0 radical (unpaired) electrons. The van der Waals surface area contributed by atoms with Gasteiger partial charge in [-0.1, -0.05) is 18.2 Å². The molecule has 0 N–H and O–H groups in total. The summed E-state index contributed by atoms with van der Waals surface area (Å²) in [5, 5.41) is 5.25. The summed E-state index contributed by atoms with van der Waals surface area (Å²) in [6.45, 7) is 0. The number of fused-ring (bicyclic) bond motifs is 1. The first-order valence-electron chi connectivity index (χ1n) is 6.84. The van der Waals surface area contributed by atoms with Crippen LogP contribution in [0.15, 0.2) is 53.6 Å². The van der Waals surface area contributed by atoms with Crippen molar-refractivity contribution in [2.75, 3.05) is 14.1 Å². The van der Waals surface area contributed by atoms with Crippen molar-refractivity contribution in [3.8, 4) is 11.1 Å². The molecule has 114 valence electrons. The number of hydrogen-bond donors (Lipinski definition) is 0. The van der Waals surface area contributed by atoms with E-state index in [0.29, 0.717) is 4.90 Å². The summed E-state index contributed by atoms with van der Waals surface area (Å²) < 4.78 is 27.5. The summed E-state index contributed by atoms with van der Waals surface area (Å²) in [5.74, 6) is 0. The second-order valence-corrected chi connectivity index (χ2v) is 7.51. The van der Waals surface area contributed by atoms with Crippen LogP contribution in [0, 0.1) is 0 Å². The summed E-state index contributed by atoms with van der Waals surface area (Å²) in [5.41, 5.74) is 2.88. The maximum Gasteiger partial charge on any atom is 0.242 e. The Bertz CT molecular complexity index is 943. The van der Waals surface area contributed by atoms with Crippen LogP contribution >= 0.6 is 0 Å². The Morgan fingerprint density at radius 2 is 1.77 bits per heavy atom. The third-order valence-corrected chi connectivity index (χ3v) is 5.50. The molecule has 2 aromatic carbocycles. The number of rotatable bonds is 3. The van der Waals surface area contributed by atoms with Crippen LogP contribution in [0.5, 0.6) is 0 Å². The molecular formula is C16H17N3O2S. The van der Waals surface area contributed by atoms with Crippen molar-refractivity contribution in [2.45, 2.75) is 4.90 Å². The smallest absolute Gasteiger partial charge is 0.242 e. The number of aryl methyl sites for hydroxylation is 1. The van der Waals surface area contributed by atoms with Gasteiger partial charge in [0.2, 0.25) is 10.0 Å². The van der Waals surface area contributed by atoms with Gasteiger partial charge in [-0.25, -0.2) is 12.7 Å². The molecule has 0 amide bonds. The van der Waals surface area contributed by atoms with E-state index in [2.05, 4.69) is 5.10 Å². The largest absolute Gasteiger partial charge is 0.268 e. The summed E-state index contributed by atoms with van der Waals surface area (Å²) in [6.07, 6.45) is 1.80. The number of benzene rings is 2. The first-order chi connectivity index (χ1) is 10.4. The Labute approximate surface area is 129 Å². The van der Waals surface area contributed by atoms with Gasteiger partial charge in [0.05, 0.1) is 16.6 Å². The van der Waals surface area contributed by atoms with Crippen LogP contribution < -0.4 is 0 Å². The fourth-order valence-electron chi connectivity index (χ4n) is 2.39. The topological polar surface area (TPSA) is 55.2 Å². The highest BCUT2D eigenvalue weighted by Crippen LogP contribution is 2.26. The third-order valence-electron chi connectivity index (χ3n) is 3.69. The van der Waals surface area contributed by atoms with E-state index in [1.807, 2.05) is 36.0 Å². The number of aromatic nitrogens is 2. The number of nitrogens with zero attached hydrogens (tertiary/aromatic N) is 3. The molecule has 0 saturated heterocycles. The maximum atomic E-state index is 12.2. The lowest BCUT2D eigenvalue weighted by Gasteiger charge is -2.12. The molecule has 0 aliphatic carbocycles. The van der Waals surface area contributed by atoms with Crippen molar-refractivity contribution in [1.29, 1.82) is 0 Å². The lowest BCUT2D eigenvalue weighted by atomic mass is 10.0.